The number of sulfonamides is 1. The normalized spacial score (nSPS) is 12.4. The van der Waals surface area contributed by atoms with Crippen LogP contribution in [0, 0.1) is 6.92 Å². The molecule has 0 aliphatic heterocycles. The maximum Gasteiger partial charge on any atom is 0.283 e. The summed E-state index contributed by atoms with van der Waals surface area (Å²) < 4.78 is 29.6. The van der Waals surface area contributed by atoms with Crippen LogP contribution >= 0.6 is 0 Å². The average molecular weight is 381 g/mol. The highest BCUT2D eigenvalue weighted by atomic mass is 32.2. The molecule has 0 bridgehead atoms. The van der Waals surface area contributed by atoms with Gasteiger partial charge in [-0.15, -0.1) is 4.40 Å². The molecule has 0 atom stereocenters. The van der Waals surface area contributed by atoms with E-state index in [1.54, 1.807) is 12.1 Å². The lowest BCUT2D eigenvalue weighted by Crippen LogP contribution is -2.31. The summed E-state index contributed by atoms with van der Waals surface area (Å²) in [5.41, 5.74) is 1.04. The van der Waals surface area contributed by atoms with Crippen LogP contribution in [0.1, 0.15) is 77.7 Å². The first-order chi connectivity index (χ1) is 12.4. The minimum atomic E-state index is -3.65. The summed E-state index contributed by atoms with van der Waals surface area (Å²) >= 11 is 0. The summed E-state index contributed by atoms with van der Waals surface area (Å²) in [6, 6.07) is 6.91. The lowest BCUT2D eigenvalue weighted by Gasteiger charge is -2.23. The smallest absolute Gasteiger partial charge is 0.283 e. The monoisotopic (exact) mass is 380 g/mol. The number of unbranched alkanes of at least 4 members (excludes halogenated alkanes) is 6. The molecule has 0 spiro atoms. The van der Waals surface area contributed by atoms with E-state index in [0.717, 1.165) is 37.9 Å². The standard InChI is InChI=1S/C21H36N2O2S/c1-5-8-9-10-11-12-13-14-21(23(6-2)7-3)22-26(24,25)20-17-15-19(4)16-18-20/h15-18H,5-14H2,1-4H3/b22-21+. The Kier molecular flexibility index (Phi) is 10.6. The third-order valence-corrected chi connectivity index (χ3v) is 6.00. The number of benzene rings is 1. The Hall–Kier alpha value is -1.36. The summed E-state index contributed by atoms with van der Waals surface area (Å²) in [6.07, 6.45) is 9.20. The molecule has 0 unspecified atom stereocenters. The molecule has 0 fully saturated rings. The molecular formula is C21H36N2O2S. The second kappa shape index (κ2) is 12.1. The third-order valence-electron chi connectivity index (χ3n) is 4.68. The van der Waals surface area contributed by atoms with Crippen molar-refractivity contribution in [2.24, 2.45) is 4.40 Å². The van der Waals surface area contributed by atoms with Gasteiger partial charge in [-0.1, -0.05) is 63.1 Å². The van der Waals surface area contributed by atoms with Gasteiger partial charge in [0.15, 0.2) is 0 Å². The van der Waals surface area contributed by atoms with Crippen molar-refractivity contribution in [3.8, 4) is 0 Å². The number of hydrogen-bond donors (Lipinski definition) is 0. The van der Waals surface area contributed by atoms with E-state index >= 15 is 0 Å². The molecule has 4 nitrogen and oxygen atoms in total. The fourth-order valence-electron chi connectivity index (χ4n) is 2.99. The van der Waals surface area contributed by atoms with Crippen LogP contribution in [-0.2, 0) is 10.0 Å². The van der Waals surface area contributed by atoms with Crippen LogP contribution in [0.15, 0.2) is 33.6 Å². The van der Waals surface area contributed by atoms with Crippen LogP contribution in [0.4, 0.5) is 0 Å². The Morgan fingerprint density at radius 3 is 1.96 bits per heavy atom. The summed E-state index contributed by atoms with van der Waals surface area (Å²) in [5.74, 6) is 0.698. The van der Waals surface area contributed by atoms with Gasteiger partial charge >= 0.3 is 0 Å². The Balaban J connectivity index is 2.78. The van der Waals surface area contributed by atoms with Gasteiger partial charge in [0.25, 0.3) is 10.0 Å². The summed E-state index contributed by atoms with van der Waals surface area (Å²) in [5, 5.41) is 0. The van der Waals surface area contributed by atoms with Crippen LogP contribution < -0.4 is 0 Å². The topological polar surface area (TPSA) is 49.7 Å². The number of aryl methyl sites for hydroxylation is 1. The van der Waals surface area contributed by atoms with Crippen molar-refractivity contribution in [1.82, 2.24) is 4.90 Å². The average Bonchev–Trinajstić information content (AvgIpc) is 2.62. The highest BCUT2D eigenvalue weighted by Gasteiger charge is 2.17. The van der Waals surface area contributed by atoms with E-state index < -0.39 is 10.0 Å². The predicted octanol–water partition coefficient (Wildman–Crippen LogP) is 5.56. The van der Waals surface area contributed by atoms with Crippen LogP contribution in [0.3, 0.4) is 0 Å². The van der Waals surface area contributed by atoms with E-state index in [1.807, 2.05) is 32.9 Å². The van der Waals surface area contributed by atoms with Crippen molar-refractivity contribution in [2.75, 3.05) is 13.1 Å². The lowest BCUT2D eigenvalue weighted by molar-refractivity contribution is 0.451. The highest BCUT2D eigenvalue weighted by molar-refractivity contribution is 7.90. The van der Waals surface area contributed by atoms with Crippen LogP contribution in [0.5, 0.6) is 0 Å². The molecule has 0 radical (unpaired) electrons. The van der Waals surface area contributed by atoms with Crippen LogP contribution in [0.2, 0.25) is 0 Å². The summed E-state index contributed by atoms with van der Waals surface area (Å²) in [4.78, 5) is 2.33. The molecule has 0 saturated carbocycles. The first-order valence-electron chi connectivity index (χ1n) is 10.1. The van der Waals surface area contributed by atoms with Crippen LogP contribution in [-0.4, -0.2) is 32.2 Å². The maximum atomic E-state index is 12.7. The molecule has 0 saturated heterocycles. The molecular weight excluding hydrogens is 344 g/mol. The van der Waals surface area contributed by atoms with Crippen molar-refractivity contribution in [3.05, 3.63) is 29.8 Å². The Bertz CT molecular complexity index is 632. The fourth-order valence-corrected chi connectivity index (χ4v) is 4.06. The van der Waals surface area contributed by atoms with Gasteiger partial charge in [-0.3, -0.25) is 0 Å². The molecule has 148 valence electrons. The molecule has 0 aliphatic carbocycles. The van der Waals surface area contributed by atoms with Gasteiger partial charge in [-0.2, -0.15) is 8.42 Å². The number of nitrogens with zero attached hydrogens (tertiary/aromatic N) is 2. The zero-order chi connectivity index (χ0) is 19.4. The van der Waals surface area contributed by atoms with Gasteiger partial charge in [0, 0.05) is 19.5 Å². The molecule has 26 heavy (non-hydrogen) atoms. The molecule has 1 rings (SSSR count). The lowest BCUT2D eigenvalue weighted by atomic mass is 10.1. The third kappa shape index (κ3) is 7.90. The van der Waals surface area contributed by atoms with Crippen molar-refractivity contribution < 1.29 is 8.42 Å². The number of amidine groups is 1. The van der Waals surface area contributed by atoms with Gasteiger partial charge in [0.1, 0.15) is 5.84 Å². The van der Waals surface area contributed by atoms with E-state index in [1.165, 1.54) is 32.1 Å². The maximum absolute atomic E-state index is 12.7. The van der Waals surface area contributed by atoms with E-state index in [0.29, 0.717) is 5.84 Å². The molecule has 1 aromatic carbocycles. The minimum absolute atomic E-state index is 0.271. The zero-order valence-corrected chi connectivity index (χ0v) is 17.8. The molecule has 5 heteroatoms. The summed E-state index contributed by atoms with van der Waals surface area (Å²) in [7, 11) is -3.65. The van der Waals surface area contributed by atoms with Crippen molar-refractivity contribution in [1.29, 1.82) is 0 Å². The van der Waals surface area contributed by atoms with E-state index in [2.05, 4.69) is 16.2 Å². The minimum Gasteiger partial charge on any atom is -0.360 e. The largest absolute Gasteiger partial charge is 0.360 e. The van der Waals surface area contributed by atoms with Crippen LogP contribution in [0.25, 0.3) is 0 Å². The van der Waals surface area contributed by atoms with Gasteiger partial charge < -0.3 is 4.90 Å². The quantitative estimate of drug-likeness (QED) is 0.271. The molecule has 0 aromatic heterocycles. The molecule has 0 amide bonds. The first-order valence-corrected chi connectivity index (χ1v) is 11.5. The second-order valence-corrected chi connectivity index (χ2v) is 8.44. The van der Waals surface area contributed by atoms with Crippen molar-refractivity contribution in [2.45, 2.75) is 84.0 Å². The molecule has 0 heterocycles. The van der Waals surface area contributed by atoms with E-state index in [4.69, 9.17) is 0 Å². The predicted molar refractivity (Wildman–Crippen MR) is 111 cm³/mol. The number of hydrogen-bond acceptors (Lipinski definition) is 2. The highest BCUT2D eigenvalue weighted by Crippen LogP contribution is 2.16. The SMILES string of the molecule is CCCCCCCCC/C(=N\S(=O)(=O)c1ccc(C)cc1)N(CC)CC. The molecule has 0 aliphatic rings. The van der Waals surface area contributed by atoms with E-state index in [-0.39, 0.29) is 4.90 Å². The number of rotatable bonds is 12. The van der Waals surface area contributed by atoms with Crippen molar-refractivity contribution in [3.63, 3.8) is 0 Å². The first kappa shape index (κ1) is 22.7. The van der Waals surface area contributed by atoms with Crippen molar-refractivity contribution >= 4 is 15.9 Å². The summed E-state index contributed by atoms with van der Waals surface area (Å²) in [6.45, 7) is 9.80. The van der Waals surface area contributed by atoms with Gasteiger partial charge in [-0.05, 0) is 39.3 Å². The van der Waals surface area contributed by atoms with Gasteiger partial charge in [0.05, 0.1) is 4.90 Å². The van der Waals surface area contributed by atoms with E-state index in [9.17, 15) is 8.42 Å². The Labute approximate surface area is 160 Å². The van der Waals surface area contributed by atoms with Gasteiger partial charge in [0.2, 0.25) is 0 Å². The Morgan fingerprint density at radius 2 is 1.42 bits per heavy atom. The zero-order valence-electron chi connectivity index (χ0n) is 17.0. The molecule has 0 N–H and O–H groups in total. The second-order valence-electron chi connectivity index (χ2n) is 6.84. The molecule has 1 aromatic rings. The fraction of sp³-hybridized carbons (Fsp3) is 0.667. The van der Waals surface area contributed by atoms with Gasteiger partial charge in [-0.25, -0.2) is 0 Å². The Morgan fingerprint density at radius 1 is 0.885 bits per heavy atom.